The number of carbonyl (C=O) groups excluding carboxylic acids is 2. The van der Waals surface area contributed by atoms with E-state index in [4.69, 9.17) is 27.9 Å². The zero-order valence-electron chi connectivity index (χ0n) is 21.6. The lowest BCUT2D eigenvalue weighted by Gasteiger charge is -2.18. The van der Waals surface area contributed by atoms with Gasteiger partial charge in [-0.25, -0.2) is 0 Å². The van der Waals surface area contributed by atoms with Crippen LogP contribution in [0.3, 0.4) is 0 Å². The van der Waals surface area contributed by atoms with E-state index in [1.54, 1.807) is 30.3 Å². The monoisotopic (exact) mass is 598 g/mol. The van der Waals surface area contributed by atoms with E-state index in [2.05, 4.69) is 10.6 Å². The number of thioether (sulfide) groups is 1. The quantitative estimate of drug-likeness (QED) is 0.166. The molecule has 0 aliphatic rings. The van der Waals surface area contributed by atoms with Gasteiger partial charge in [-0.05, 0) is 78.4 Å². The topological polar surface area (TPSA) is 67.4 Å². The van der Waals surface area contributed by atoms with Crippen LogP contribution in [0.4, 0.5) is 11.4 Å². The minimum Gasteiger partial charge on any atom is -0.457 e. The number of hydrogen-bond donors (Lipinski definition) is 2. The molecule has 0 aliphatic heterocycles. The number of nitrogens with one attached hydrogen (secondary N) is 2. The molecule has 0 saturated carbocycles. The molecule has 0 spiro atoms. The molecular weight excluding hydrogens is 575 g/mol. The van der Waals surface area contributed by atoms with Crippen molar-refractivity contribution in [2.24, 2.45) is 0 Å². The smallest absolute Gasteiger partial charge is 0.257 e. The third-order valence-corrected chi connectivity index (χ3v) is 7.76. The van der Waals surface area contributed by atoms with Crippen LogP contribution in [0.2, 0.25) is 10.0 Å². The standard InChI is InChI=1S/C33H24Cl2N2O3S/c34-23-14-19-29(30(35)20-23)32(38)37-25-10-7-13-28(21-25)41-31(22-8-3-1-4-9-22)33(39)36-24-15-17-27(18-16-24)40-26-11-5-2-6-12-26/h1-21,31H,(H,36,39)(H,37,38). The number of amides is 2. The van der Waals surface area contributed by atoms with Gasteiger partial charge < -0.3 is 15.4 Å². The zero-order chi connectivity index (χ0) is 28.6. The number of rotatable bonds is 9. The molecule has 5 nitrogen and oxygen atoms in total. The Balaban J connectivity index is 1.30. The van der Waals surface area contributed by atoms with Crippen LogP contribution in [0, 0.1) is 0 Å². The number of para-hydroxylation sites is 1. The van der Waals surface area contributed by atoms with Gasteiger partial charge in [0.1, 0.15) is 16.7 Å². The molecule has 0 aliphatic carbocycles. The number of benzene rings is 5. The Bertz CT molecular complexity index is 1650. The van der Waals surface area contributed by atoms with E-state index in [1.165, 1.54) is 17.8 Å². The molecule has 0 bridgehead atoms. The van der Waals surface area contributed by atoms with Gasteiger partial charge in [0, 0.05) is 21.3 Å². The van der Waals surface area contributed by atoms with Crippen molar-refractivity contribution in [3.63, 3.8) is 0 Å². The molecule has 1 atom stereocenters. The van der Waals surface area contributed by atoms with Gasteiger partial charge >= 0.3 is 0 Å². The molecule has 2 N–H and O–H groups in total. The molecule has 0 radical (unpaired) electrons. The lowest BCUT2D eigenvalue weighted by atomic mass is 10.1. The van der Waals surface area contributed by atoms with E-state index in [9.17, 15) is 9.59 Å². The molecule has 204 valence electrons. The fourth-order valence-electron chi connectivity index (χ4n) is 3.99. The molecule has 41 heavy (non-hydrogen) atoms. The molecule has 8 heteroatoms. The van der Waals surface area contributed by atoms with E-state index in [0.717, 1.165) is 16.2 Å². The van der Waals surface area contributed by atoms with E-state index in [1.807, 2.05) is 91.0 Å². The summed E-state index contributed by atoms with van der Waals surface area (Å²) < 4.78 is 5.85. The van der Waals surface area contributed by atoms with Crippen LogP contribution >= 0.6 is 35.0 Å². The van der Waals surface area contributed by atoms with E-state index < -0.39 is 5.25 Å². The van der Waals surface area contributed by atoms with Crippen LogP contribution in [-0.2, 0) is 4.79 Å². The highest BCUT2D eigenvalue weighted by molar-refractivity contribution is 8.00. The van der Waals surface area contributed by atoms with Gasteiger partial charge in [0.25, 0.3) is 5.91 Å². The first kappa shape index (κ1) is 28.3. The number of anilines is 2. The Kier molecular flexibility index (Phi) is 9.26. The highest BCUT2D eigenvalue weighted by atomic mass is 35.5. The Morgan fingerprint density at radius 2 is 1.34 bits per heavy atom. The molecule has 1 unspecified atom stereocenters. The molecular formula is C33H24Cl2N2O3S. The van der Waals surface area contributed by atoms with Gasteiger partial charge in [0.15, 0.2) is 0 Å². The zero-order valence-corrected chi connectivity index (χ0v) is 23.9. The lowest BCUT2D eigenvalue weighted by Crippen LogP contribution is -2.19. The van der Waals surface area contributed by atoms with Gasteiger partial charge in [0.05, 0.1) is 10.6 Å². The summed E-state index contributed by atoms with van der Waals surface area (Å²) in [5.41, 5.74) is 2.39. The lowest BCUT2D eigenvalue weighted by molar-refractivity contribution is -0.115. The Morgan fingerprint density at radius 3 is 2.05 bits per heavy atom. The van der Waals surface area contributed by atoms with Crippen LogP contribution in [0.25, 0.3) is 0 Å². The Hall–Kier alpha value is -4.23. The molecule has 0 heterocycles. The molecule has 5 aromatic rings. The van der Waals surface area contributed by atoms with Crippen molar-refractivity contribution in [3.8, 4) is 11.5 Å². The molecule has 0 fully saturated rings. The molecule has 5 aromatic carbocycles. The molecule has 2 amide bonds. The van der Waals surface area contributed by atoms with Crippen LogP contribution < -0.4 is 15.4 Å². The second-order valence-electron chi connectivity index (χ2n) is 8.94. The van der Waals surface area contributed by atoms with Gasteiger partial charge in [-0.3, -0.25) is 9.59 Å². The van der Waals surface area contributed by atoms with E-state index in [-0.39, 0.29) is 16.8 Å². The molecule has 0 aromatic heterocycles. The SMILES string of the molecule is O=C(Nc1cccc(SC(C(=O)Nc2ccc(Oc3ccccc3)cc2)c2ccccc2)c1)c1ccc(Cl)cc1Cl. The average molecular weight is 600 g/mol. The highest BCUT2D eigenvalue weighted by Gasteiger charge is 2.23. The third kappa shape index (κ3) is 7.70. The summed E-state index contributed by atoms with van der Waals surface area (Å²) in [7, 11) is 0. The Morgan fingerprint density at radius 1 is 0.659 bits per heavy atom. The molecule has 5 rings (SSSR count). The van der Waals surface area contributed by atoms with Crippen LogP contribution in [-0.4, -0.2) is 11.8 Å². The largest absolute Gasteiger partial charge is 0.457 e. The first-order valence-corrected chi connectivity index (χ1v) is 14.3. The average Bonchev–Trinajstić information content (AvgIpc) is 2.98. The van der Waals surface area contributed by atoms with E-state index >= 15 is 0 Å². The van der Waals surface area contributed by atoms with Gasteiger partial charge in [-0.1, -0.05) is 77.8 Å². The predicted octanol–water partition coefficient (Wildman–Crippen LogP) is 9.51. The van der Waals surface area contributed by atoms with Crippen LogP contribution in [0.5, 0.6) is 11.5 Å². The summed E-state index contributed by atoms with van der Waals surface area (Å²) in [5.74, 6) is 0.868. The van der Waals surface area contributed by atoms with Crippen LogP contribution in [0.1, 0.15) is 21.2 Å². The van der Waals surface area contributed by atoms with Crippen LogP contribution in [0.15, 0.2) is 132 Å². The summed E-state index contributed by atoms with van der Waals surface area (Å²) in [6.45, 7) is 0. The van der Waals surface area contributed by atoms with Crippen molar-refractivity contribution in [3.05, 3.63) is 149 Å². The van der Waals surface area contributed by atoms with Crippen molar-refractivity contribution in [2.45, 2.75) is 10.1 Å². The summed E-state index contributed by atoms with van der Waals surface area (Å²) in [6, 6.07) is 38.3. The fraction of sp³-hybridized carbons (Fsp3) is 0.0303. The van der Waals surface area contributed by atoms with Gasteiger partial charge in [-0.15, -0.1) is 11.8 Å². The van der Waals surface area contributed by atoms with Gasteiger partial charge in [-0.2, -0.15) is 0 Å². The normalized spacial score (nSPS) is 11.4. The minimum absolute atomic E-state index is 0.180. The maximum Gasteiger partial charge on any atom is 0.257 e. The number of halogens is 2. The number of carbonyl (C=O) groups is 2. The maximum atomic E-state index is 13.5. The first-order valence-electron chi connectivity index (χ1n) is 12.7. The van der Waals surface area contributed by atoms with Gasteiger partial charge in [0.2, 0.25) is 5.91 Å². The third-order valence-electron chi connectivity index (χ3n) is 5.96. The highest BCUT2D eigenvalue weighted by Crippen LogP contribution is 2.37. The predicted molar refractivity (Wildman–Crippen MR) is 167 cm³/mol. The Labute approximate surface area is 252 Å². The summed E-state index contributed by atoms with van der Waals surface area (Å²) in [5, 5.41) is 6.06. The summed E-state index contributed by atoms with van der Waals surface area (Å²) >= 11 is 13.5. The summed E-state index contributed by atoms with van der Waals surface area (Å²) in [6.07, 6.45) is 0. The maximum absolute atomic E-state index is 13.5. The molecule has 0 saturated heterocycles. The van der Waals surface area contributed by atoms with Crippen molar-refractivity contribution in [1.82, 2.24) is 0 Å². The van der Waals surface area contributed by atoms with Crippen molar-refractivity contribution in [2.75, 3.05) is 10.6 Å². The van der Waals surface area contributed by atoms with Crippen molar-refractivity contribution < 1.29 is 14.3 Å². The van der Waals surface area contributed by atoms with E-state index in [0.29, 0.717) is 27.7 Å². The van der Waals surface area contributed by atoms with Crippen molar-refractivity contribution in [1.29, 1.82) is 0 Å². The number of hydrogen-bond acceptors (Lipinski definition) is 4. The minimum atomic E-state index is -0.548. The van der Waals surface area contributed by atoms with Crippen molar-refractivity contribution >= 4 is 58.2 Å². The number of ether oxygens (including phenoxy) is 1. The second-order valence-corrected chi connectivity index (χ2v) is 11.0. The fourth-order valence-corrected chi connectivity index (χ4v) is 5.57. The first-order chi connectivity index (χ1) is 19.9. The second kappa shape index (κ2) is 13.4. The summed E-state index contributed by atoms with van der Waals surface area (Å²) in [4.78, 5) is 27.2.